The largest absolute Gasteiger partial charge is 0.339 e. The first-order valence-corrected chi connectivity index (χ1v) is 9.51. The molecule has 8 nitrogen and oxygen atoms in total. The van der Waals surface area contributed by atoms with E-state index in [1.165, 1.54) is 0 Å². The first-order chi connectivity index (χ1) is 12.6. The molecule has 0 saturated carbocycles. The molecule has 2 aliphatic rings. The number of hydrogen-bond acceptors (Lipinski definition) is 6. The predicted octanol–water partition coefficient (Wildman–Crippen LogP) is 1.55. The van der Waals surface area contributed by atoms with Crippen molar-refractivity contribution in [2.45, 2.75) is 51.5 Å². The van der Waals surface area contributed by atoms with Crippen LogP contribution in [-0.2, 0) is 13.0 Å². The lowest BCUT2D eigenvalue weighted by Gasteiger charge is -2.29. The number of fused-ring (bicyclic) bond motifs is 1. The Morgan fingerprint density at radius 1 is 1.23 bits per heavy atom. The first-order valence-electron chi connectivity index (χ1n) is 9.51. The number of carbonyl (C=O) groups excluding carboxylic acids is 1. The average Bonchev–Trinajstić information content (AvgIpc) is 3.24. The maximum Gasteiger partial charge on any atom is 0.274 e. The fourth-order valence-corrected chi connectivity index (χ4v) is 3.61. The van der Waals surface area contributed by atoms with E-state index in [1.807, 2.05) is 11.1 Å². The highest BCUT2D eigenvalue weighted by atomic mass is 16.5. The van der Waals surface area contributed by atoms with Crippen LogP contribution in [0.3, 0.4) is 0 Å². The van der Waals surface area contributed by atoms with Crippen molar-refractivity contribution in [2.24, 2.45) is 0 Å². The predicted molar refractivity (Wildman–Crippen MR) is 95.1 cm³/mol. The summed E-state index contributed by atoms with van der Waals surface area (Å²) in [5.41, 5.74) is 0.570. The second kappa shape index (κ2) is 7.19. The summed E-state index contributed by atoms with van der Waals surface area (Å²) in [5.74, 6) is 3.00. The minimum Gasteiger partial charge on any atom is -0.339 e. The molecule has 0 spiro atoms. The smallest absolute Gasteiger partial charge is 0.274 e. The summed E-state index contributed by atoms with van der Waals surface area (Å²) in [6.07, 6.45) is 4.47. The summed E-state index contributed by atoms with van der Waals surface area (Å²) in [4.78, 5) is 23.8. The summed E-state index contributed by atoms with van der Waals surface area (Å²) >= 11 is 0. The molecule has 0 unspecified atom stereocenters. The fraction of sp³-hybridized carbons (Fsp3) is 0.667. The number of aromatic nitrogens is 4. The maximum absolute atomic E-state index is 12.8. The molecule has 140 valence electrons. The van der Waals surface area contributed by atoms with Crippen LogP contribution >= 0.6 is 0 Å². The highest BCUT2D eigenvalue weighted by Gasteiger charge is 2.29. The van der Waals surface area contributed by atoms with Gasteiger partial charge in [0.2, 0.25) is 5.89 Å². The molecular formula is C18H26N6O2. The van der Waals surface area contributed by atoms with E-state index in [9.17, 15) is 4.79 Å². The van der Waals surface area contributed by atoms with E-state index in [0.29, 0.717) is 24.7 Å². The zero-order valence-electron chi connectivity index (χ0n) is 15.4. The molecule has 1 fully saturated rings. The van der Waals surface area contributed by atoms with Gasteiger partial charge in [-0.05, 0) is 12.8 Å². The molecule has 0 bridgehead atoms. The molecule has 0 aromatic carbocycles. The summed E-state index contributed by atoms with van der Waals surface area (Å²) in [6.45, 7) is 8.21. The van der Waals surface area contributed by atoms with Gasteiger partial charge in [0.15, 0.2) is 5.82 Å². The van der Waals surface area contributed by atoms with Gasteiger partial charge in [-0.1, -0.05) is 19.0 Å². The highest BCUT2D eigenvalue weighted by molar-refractivity contribution is 5.92. The van der Waals surface area contributed by atoms with Gasteiger partial charge in [0, 0.05) is 57.2 Å². The molecule has 2 aromatic heterocycles. The molecule has 4 rings (SSSR count). The Morgan fingerprint density at radius 3 is 2.77 bits per heavy atom. The molecule has 1 saturated heterocycles. The van der Waals surface area contributed by atoms with Crippen molar-refractivity contribution in [3.8, 4) is 0 Å². The standard InChI is InChI=1S/C18H26N6O2/c1-12(2)16-21-17(26-22-16)13-4-8-23(9-5-13)18(25)14-11-24-10-7-19-6-3-15(24)20-14/h11-13,19H,3-10H2,1-2H3. The van der Waals surface area contributed by atoms with Crippen molar-refractivity contribution in [2.75, 3.05) is 26.2 Å². The van der Waals surface area contributed by atoms with Gasteiger partial charge >= 0.3 is 0 Å². The Morgan fingerprint density at radius 2 is 2.04 bits per heavy atom. The zero-order chi connectivity index (χ0) is 18.1. The second-order valence-corrected chi connectivity index (χ2v) is 7.45. The molecule has 4 heterocycles. The second-order valence-electron chi connectivity index (χ2n) is 7.45. The fourth-order valence-electron chi connectivity index (χ4n) is 3.61. The Bertz CT molecular complexity index is 749. The molecule has 2 aliphatic heterocycles. The number of likely N-dealkylation sites (tertiary alicyclic amines) is 1. The third-order valence-corrected chi connectivity index (χ3v) is 5.24. The SMILES string of the molecule is CC(C)c1noc(C2CCN(C(=O)c3cn4c(n3)CCNCC4)CC2)n1. The number of imidazole rings is 1. The van der Waals surface area contributed by atoms with Gasteiger partial charge in [-0.3, -0.25) is 4.79 Å². The van der Waals surface area contributed by atoms with Gasteiger partial charge in [-0.15, -0.1) is 0 Å². The number of rotatable bonds is 3. The summed E-state index contributed by atoms with van der Waals surface area (Å²) < 4.78 is 7.53. The van der Waals surface area contributed by atoms with Gasteiger partial charge in [-0.25, -0.2) is 4.98 Å². The van der Waals surface area contributed by atoms with E-state index in [4.69, 9.17) is 4.52 Å². The lowest BCUT2D eigenvalue weighted by atomic mass is 9.96. The third kappa shape index (κ3) is 3.38. The Hall–Kier alpha value is -2.22. The lowest BCUT2D eigenvalue weighted by Crippen LogP contribution is -2.38. The van der Waals surface area contributed by atoms with Crippen LogP contribution in [0.2, 0.25) is 0 Å². The minimum absolute atomic E-state index is 0.0328. The van der Waals surface area contributed by atoms with E-state index < -0.39 is 0 Å². The third-order valence-electron chi connectivity index (χ3n) is 5.24. The van der Waals surface area contributed by atoms with Gasteiger partial charge < -0.3 is 19.3 Å². The van der Waals surface area contributed by atoms with Crippen LogP contribution in [0.1, 0.15) is 66.6 Å². The van der Waals surface area contributed by atoms with Crippen LogP contribution in [0.25, 0.3) is 0 Å². The van der Waals surface area contributed by atoms with Crippen LogP contribution in [0, 0.1) is 0 Å². The summed E-state index contributed by atoms with van der Waals surface area (Å²) in [7, 11) is 0. The molecule has 26 heavy (non-hydrogen) atoms. The Kier molecular flexibility index (Phi) is 4.76. The highest BCUT2D eigenvalue weighted by Crippen LogP contribution is 2.28. The van der Waals surface area contributed by atoms with Crippen LogP contribution in [0.4, 0.5) is 0 Å². The molecule has 1 N–H and O–H groups in total. The zero-order valence-corrected chi connectivity index (χ0v) is 15.4. The number of piperidine rings is 1. The van der Waals surface area contributed by atoms with Crippen molar-refractivity contribution in [1.82, 2.24) is 29.9 Å². The van der Waals surface area contributed by atoms with Gasteiger partial charge in [-0.2, -0.15) is 4.98 Å². The number of carbonyl (C=O) groups is 1. The van der Waals surface area contributed by atoms with E-state index in [1.54, 1.807) is 0 Å². The Balaban J connectivity index is 1.39. The molecule has 0 aliphatic carbocycles. The van der Waals surface area contributed by atoms with Gasteiger partial charge in [0.25, 0.3) is 5.91 Å². The molecule has 1 amide bonds. The molecule has 2 aromatic rings. The molecule has 0 radical (unpaired) electrons. The molecule has 0 atom stereocenters. The number of nitrogens with one attached hydrogen (secondary N) is 1. The van der Waals surface area contributed by atoms with Crippen molar-refractivity contribution in [3.05, 3.63) is 29.4 Å². The van der Waals surface area contributed by atoms with Crippen LogP contribution < -0.4 is 5.32 Å². The Labute approximate surface area is 153 Å². The maximum atomic E-state index is 12.8. The van der Waals surface area contributed by atoms with E-state index in [0.717, 1.165) is 50.5 Å². The monoisotopic (exact) mass is 358 g/mol. The quantitative estimate of drug-likeness (QED) is 0.896. The lowest BCUT2D eigenvalue weighted by molar-refractivity contribution is 0.0699. The van der Waals surface area contributed by atoms with E-state index in [-0.39, 0.29) is 17.7 Å². The topological polar surface area (TPSA) is 89.1 Å². The number of nitrogens with zero attached hydrogens (tertiary/aromatic N) is 5. The first kappa shape index (κ1) is 17.2. The van der Waals surface area contributed by atoms with Gasteiger partial charge in [0.05, 0.1) is 0 Å². The van der Waals surface area contributed by atoms with Crippen molar-refractivity contribution in [3.63, 3.8) is 0 Å². The molecule has 8 heteroatoms. The minimum atomic E-state index is 0.0328. The average molecular weight is 358 g/mol. The normalized spacial score (nSPS) is 18.8. The number of amides is 1. The van der Waals surface area contributed by atoms with Crippen molar-refractivity contribution < 1.29 is 9.32 Å². The van der Waals surface area contributed by atoms with Crippen LogP contribution in [-0.4, -0.2) is 56.7 Å². The van der Waals surface area contributed by atoms with Crippen LogP contribution in [0.15, 0.2) is 10.7 Å². The van der Waals surface area contributed by atoms with Crippen molar-refractivity contribution in [1.29, 1.82) is 0 Å². The van der Waals surface area contributed by atoms with E-state index in [2.05, 4.69) is 38.9 Å². The summed E-state index contributed by atoms with van der Waals surface area (Å²) in [5, 5.41) is 7.40. The summed E-state index contributed by atoms with van der Waals surface area (Å²) in [6, 6.07) is 0. The molecular weight excluding hydrogens is 332 g/mol. The number of hydrogen-bond donors (Lipinski definition) is 1. The van der Waals surface area contributed by atoms with E-state index >= 15 is 0 Å². The van der Waals surface area contributed by atoms with Crippen LogP contribution in [0.5, 0.6) is 0 Å². The van der Waals surface area contributed by atoms with Crippen molar-refractivity contribution >= 4 is 5.91 Å². The van der Waals surface area contributed by atoms with Gasteiger partial charge in [0.1, 0.15) is 11.5 Å².